The average molecular weight is 457 g/mol. The van der Waals surface area contributed by atoms with E-state index in [4.69, 9.17) is 9.26 Å². The SMILES string of the molecule is CCOc1ccc(NC(=O)CNC(=O)c2cc(C3CC3)nc3onc(-c4ccccc4)c23)cc1. The fourth-order valence-electron chi connectivity index (χ4n) is 3.79. The van der Waals surface area contributed by atoms with E-state index in [0.717, 1.165) is 29.8 Å². The van der Waals surface area contributed by atoms with Crippen molar-refractivity contribution in [2.45, 2.75) is 25.7 Å². The Kier molecular flexibility index (Phi) is 5.95. The summed E-state index contributed by atoms with van der Waals surface area (Å²) in [5.74, 6) is 0.337. The van der Waals surface area contributed by atoms with E-state index in [1.807, 2.05) is 37.3 Å². The van der Waals surface area contributed by atoms with Crippen LogP contribution in [0.1, 0.15) is 41.7 Å². The number of carbonyl (C=O) groups is 2. The molecule has 34 heavy (non-hydrogen) atoms. The molecule has 1 aliphatic rings. The maximum atomic E-state index is 13.2. The van der Waals surface area contributed by atoms with Crippen molar-refractivity contribution in [3.63, 3.8) is 0 Å². The predicted molar refractivity (Wildman–Crippen MR) is 128 cm³/mol. The zero-order valence-corrected chi connectivity index (χ0v) is 18.7. The molecule has 8 nitrogen and oxygen atoms in total. The number of rotatable bonds is 8. The van der Waals surface area contributed by atoms with Gasteiger partial charge in [-0.3, -0.25) is 9.59 Å². The highest BCUT2D eigenvalue weighted by Crippen LogP contribution is 2.41. The zero-order valence-electron chi connectivity index (χ0n) is 18.7. The van der Waals surface area contributed by atoms with Crippen LogP contribution in [0.15, 0.2) is 65.2 Å². The minimum absolute atomic E-state index is 0.180. The second-order valence-electron chi connectivity index (χ2n) is 8.13. The molecule has 0 aliphatic heterocycles. The van der Waals surface area contributed by atoms with Gasteiger partial charge in [-0.25, -0.2) is 4.98 Å². The lowest BCUT2D eigenvalue weighted by Gasteiger charge is -2.10. The number of fused-ring (bicyclic) bond motifs is 1. The molecular formula is C26H24N4O4. The molecule has 2 aromatic carbocycles. The second kappa shape index (κ2) is 9.35. The van der Waals surface area contributed by atoms with Crippen LogP contribution in [0.3, 0.4) is 0 Å². The smallest absolute Gasteiger partial charge is 0.259 e. The fourth-order valence-corrected chi connectivity index (χ4v) is 3.79. The van der Waals surface area contributed by atoms with Gasteiger partial charge in [0.25, 0.3) is 11.6 Å². The van der Waals surface area contributed by atoms with Crippen LogP contribution in [0, 0.1) is 0 Å². The molecule has 172 valence electrons. The highest BCUT2D eigenvalue weighted by molar-refractivity contribution is 6.10. The minimum Gasteiger partial charge on any atom is -0.494 e. The molecule has 4 aromatic rings. The first-order valence-corrected chi connectivity index (χ1v) is 11.3. The molecule has 0 radical (unpaired) electrons. The summed E-state index contributed by atoms with van der Waals surface area (Å²) in [6, 6.07) is 18.4. The summed E-state index contributed by atoms with van der Waals surface area (Å²) < 4.78 is 10.9. The molecule has 0 bridgehead atoms. The highest BCUT2D eigenvalue weighted by atomic mass is 16.5. The van der Waals surface area contributed by atoms with E-state index < -0.39 is 0 Å². The summed E-state index contributed by atoms with van der Waals surface area (Å²) in [6.45, 7) is 2.30. The van der Waals surface area contributed by atoms with Crippen molar-refractivity contribution in [1.29, 1.82) is 0 Å². The van der Waals surface area contributed by atoms with E-state index >= 15 is 0 Å². The van der Waals surface area contributed by atoms with Crippen LogP contribution in [0.4, 0.5) is 5.69 Å². The number of amides is 2. The van der Waals surface area contributed by atoms with Gasteiger partial charge in [0.05, 0.1) is 24.1 Å². The van der Waals surface area contributed by atoms with Crippen molar-refractivity contribution in [2.75, 3.05) is 18.5 Å². The van der Waals surface area contributed by atoms with Gasteiger partial charge in [0.2, 0.25) is 5.91 Å². The van der Waals surface area contributed by atoms with E-state index in [0.29, 0.717) is 40.6 Å². The van der Waals surface area contributed by atoms with E-state index in [1.165, 1.54) is 0 Å². The van der Waals surface area contributed by atoms with Gasteiger partial charge in [-0.2, -0.15) is 0 Å². The Morgan fingerprint density at radius 2 is 1.85 bits per heavy atom. The van der Waals surface area contributed by atoms with Gasteiger partial charge < -0.3 is 19.9 Å². The molecule has 0 atom stereocenters. The predicted octanol–water partition coefficient (Wildman–Crippen LogP) is 4.53. The highest BCUT2D eigenvalue weighted by Gasteiger charge is 2.29. The maximum absolute atomic E-state index is 13.2. The number of ether oxygens (including phenoxy) is 1. The number of hydrogen-bond donors (Lipinski definition) is 2. The van der Waals surface area contributed by atoms with Crippen LogP contribution in [0.5, 0.6) is 5.75 Å². The standard InChI is InChI=1S/C26H24N4O4/c1-2-33-19-12-10-18(11-13-19)28-22(31)15-27-25(32)20-14-21(16-8-9-16)29-26-23(20)24(30-34-26)17-6-4-3-5-7-17/h3-7,10-14,16H,2,8-9,15H2,1H3,(H,27,32)(H,28,31). The molecule has 1 aliphatic carbocycles. The topological polar surface area (TPSA) is 106 Å². The number of aromatic nitrogens is 2. The van der Waals surface area contributed by atoms with Crippen molar-refractivity contribution in [2.24, 2.45) is 0 Å². The van der Waals surface area contributed by atoms with Crippen LogP contribution in [-0.4, -0.2) is 35.1 Å². The Morgan fingerprint density at radius 3 is 2.56 bits per heavy atom. The molecule has 2 amide bonds. The Bertz CT molecular complexity index is 1330. The largest absolute Gasteiger partial charge is 0.494 e. The summed E-state index contributed by atoms with van der Waals surface area (Å²) in [7, 11) is 0. The van der Waals surface area contributed by atoms with Crippen LogP contribution in [-0.2, 0) is 4.79 Å². The maximum Gasteiger partial charge on any atom is 0.259 e. The molecule has 2 aromatic heterocycles. The molecule has 5 rings (SSSR count). The van der Waals surface area contributed by atoms with Crippen LogP contribution in [0.25, 0.3) is 22.4 Å². The summed E-state index contributed by atoms with van der Waals surface area (Å²) in [5, 5.41) is 10.2. The first-order chi connectivity index (χ1) is 16.6. The molecule has 1 saturated carbocycles. The molecule has 0 unspecified atom stereocenters. The van der Waals surface area contributed by atoms with Crippen LogP contribution >= 0.6 is 0 Å². The fraction of sp³-hybridized carbons (Fsp3) is 0.231. The van der Waals surface area contributed by atoms with E-state index in [2.05, 4.69) is 20.8 Å². The lowest BCUT2D eigenvalue weighted by atomic mass is 10.0. The first kappa shape index (κ1) is 21.6. The van der Waals surface area contributed by atoms with Crippen molar-refractivity contribution in [1.82, 2.24) is 15.5 Å². The molecule has 1 fully saturated rings. The minimum atomic E-state index is -0.378. The van der Waals surface area contributed by atoms with Gasteiger partial charge in [-0.15, -0.1) is 0 Å². The lowest BCUT2D eigenvalue weighted by Crippen LogP contribution is -2.33. The van der Waals surface area contributed by atoms with Gasteiger partial charge in [-0.05, 0) is 50.1 Å². The van der Waals surface area contributed by atoms with Crippen molar-refractivity contribution in [3.05, 3.63) is 71.9 Å². The lowest BCUT2D eigenvalue weighted by molar-refractivity contribution is -0.115. The third-order valence-corrected chi connectivity index (χ3v) is 5.61. The number of nitrogens with one attached hydrogen (secondary N) is 2. The Labute approximate surface area is 196 Å². The van der Waals surface area contributed by atoms with Gasteiger partial charge in [-0.1, -0.05) is 35.5 Å². The van der Waals surface area contributed by atoms with Crippen LogP contribution in [0.2, 0.25) is 0 Å². The monoisotopic (exact) mass is 456 g/mol. The molecular weight excluding hydrogens is 432 g/mol. The van der Waals surface area contributed by atoms with Crippen molar-refractivity contribution < 1.29 is 18.8 Å². The summed E-state index contributed by atoms with van der Waals surface area (Å²) in [6.07, 6.45) is 2.06. The quantitative estimate of drug-likeness (QED) is 0.403. The Balaban J connectivity index is 1.35. The number of pyridine rings is 1. The number of benzene rings is 2. The summed E-state index contributed by atoms with van der Waals surface area (Å²) in [5.41, 5.74) is 3.54. The normalized spacial score (nSPS) is 13.0. The summed E-state index contributed by atoms with van der Waals surface area (Å²) >= 11 is 0. The third-order valence-electron chi connectivity index (χ3n) is 5.61. The van der Waals surface area contributed by atoms with Gasteiger partial charge in [0.15, 0.2) is 0 Å². The van der Waals surface area contributed by atoms with E-state index in [1.54, 1.807) is 30.3 Å². The molecule has 0 spiro atoms. The van der Waals surface area contributed by atoms with E-state index in [-0.39, 0.29) is 18.4 Å². The first-order valence-electron chi connectivity index (χ1n) is 11.3. The Hall–Kier alpha value is -4.20. The van der Waals surface area contributed by atoms with Gasteiger partial charge in [0.1, 0.15) is 11.4 Å². The average Bonchev–Trinajstić information content (AvgIpc) is 3.63. The second-order valence-corrected chi connectivity index (χ2v) is 8.13. The molecule has 2 N–H and O–H groups in total. The van der Waals surface area contributed by atoms with E-state index in [9.17, 15) is 9.59 Å². The summed E-state index contributed by atoms with van der Waals surface area (Å²) in [4.78, 5) is 30.2. The van der Waals surface area contributed by atoms with Gasteiger partial charge in [0, 0.05) is 22.9 Å². The third kappa shape index (κ3) is 4.61. The van der Waals surface area contributed by atoms with Gasteiger partial charge >= 0.3 is 0 Å². The number of carbonyl (C=O) groups excluding carboxylic acids is 2. The number of nitrogens with zero attached hydrogens (tertiary/aromatic N) is 2. The zero-order chi connectivity index (χ0) is 23.5. The van der Waals surface area contributed by atoms with Crippen LogP contribution < -0.4 is 15.4 Å². The van der Waals surface area contributed by atoms with Crippen molar-refractivity contribution in [3.8, 4) is 17.0 Å². The molecule has 8 heteroatoms. The Morgan fingerprint density at radius 1 is 1.09 bits per heavy atom. The number of anilines is 1. The van der Waals surface area contributed by atoms with Crippen molar-refractivity contribution >= 4 is 28.6 Å². The molecule has 0 saturated heterocycles. The number of hydrogen-bond acceptors (Lipinski definition) is 6. The molecule has 2 heterocycles.